The summed E-state index contributed by atoms with van der Waals surface area (Å²) in [7, 11) is 0. The molecule has 0 spiro atoms. The third-order valence-electron chi connectivity index (χ3n) is 7.20. The predicted molar refractivity (Wildman–Crippen MR) is 118 cm³/mol. The van der Waals surface area contributed by atoms with Crippen LogP contribution in [0.15, 0.2) is 18.2 Å². The van der Waals surface area contributed by atoms with Crippen LogP contribution in [-0.2, 0) is 11.3 Å². The fourth-order valence-corrected chi connectivity index (χ4v) is 5.69. The van der Waals surface area contributed by atoms with E-state index >= 15 is 0 Å². The van der Waals surface area contributed by atoms with Crippen molar-refractivity contribution in [2.45, 2.75) is 44.8 Å². The number of carbonyl (C=O) groups is 1. The molecule has 2 atom stereocenters. The van der Waals surface area contributed by atoms with Crippen molar-refractivity contribution in [2.75, 3.05) is 44.2 Å². The van der Waals surface area contributed by atoms with Gasteiger partial charge in [-0.05, 0) is 42.2 Å². The Morgan fingerprint density at radius 1 is 1.03 bits per heavy atom. The molecule has 196 valence electrons. The lowest BCUT2D eigenvalue weighted by molar-refractivity contribution is -0.308. The summed E-state index contributed by atoms with van der Waals surface area (Å²) in [5, 5.41) is 0.689. The Morgan fingerprint density at radius 3 is 2.14 bits per heavy atom. The second-order valence-corrected chi connectivity index (χ2v) is 10.3. The highest BCUT2D eigenvalue weighted by molar-refractivity contribution is 6.33. The van der Waals surface area contributed by atoms with Crippen molar-refractivity contribution < 1.29 is 35.9 Å². The van der Waals surface area contributed by atoms with E-state index in [-0.39, 0.29) is 24.9 Å². The Bertz CT molecular complexity index is 891. The number of nitrogens with zero attached hydrogens (tertiary/aromatic N) is 3. The van der Waals surface area contributed by atoms with Crippen molar-refractivity contribution in [3.63, 3.8) is 0 Å². The van der Waals surface area contributed by atoms with Gasteiger partial charge in [0.2, 0.25) is 0 Å². The Hall–Kier alpha value is -1.88. The van der Waals surface area contributed by atoms with Gasteiger partial charge in [0.25, 0.3) is 6.10 Å². The number of fused-ring (bicyclic) bond motifs is 1. The molecule has 3 fully saturated rings. The standard InChI is InChI=1S/C23H28ClF6N3O2/c1-14-5-7-32(8-6-14)19-15(3-2-4-18(19)24)9-31-10-16-12-33(13-17(16)11-31)21(34)35-20(22(25,26)27)23(28,29)30/h2-4,14,16-17,20H,5-13H2,1H3. The van der Waals surface area contributed by atoms with Gasteiger partial charge in [-0.1, -0.05) is 30.7 Å². The molecule has 0 aliphatic carbocycles. The maximum absolute atomic E-state index is 12.7. The molecular formula is C23H28ClF6N3O2. The first-order valence-corrected chi connectivity index (χ1v) is 12.0. The first-order chi connectivity index (χ1) is 16.3. The summed E-state index contributed by atoms with van der Waals surface area (Å²) in [6, 6.07) is 5.81. The molecule has 1 aromatic rings. The van der Waals surface area contributed by atoms with E-state index in [1.54, 1.807) is 0 Å². The lowest BCUT2D eigenvalue weighted by atomic mass is 9.98. The number of benzene rings is 1. The van der Waals surface area contributed by atoms with E-state index < -0.39 is 24.5 Å². The number of anilines is 1. The van der Waals surface area contributed by atoms with Crippen LogP contribution in [0.5, 0.6) is 0 Å². The highest BCUT2D eigenvalue weighted by Crippen LogP contribution is 2.39. The number of halogens is 7. The molecule has 0 bridgehead atoms. The fraction of sp³-hybridized carbons (Fsp3) is 0.696. The van der Waals surface area contributed by atoms with E-state index in [9.17, 15) is 31.1 Å². The second kappa shape index (κ2) is 9.88. The van der Waals surface area contributed by atoms with E-state index in [1.165, 1.54) is 0 Å². The Kier molecular flexibility index (Phi) is 7.39. The van der Waals surface area contributed by atoms with Crippen molar-refractivity contribution >= 4 is 23.4 Å². The Balaban J connectivity index is 1.36. The first-order valence-electron chi connectivity index (χ1n) is 11.7. The van der Waals surface area contributed by atoms with Gasteiger partial charge in [0.05, 0.1) is 10.7 Å². The van der Waals surface area contributed by atoms with Gasteiger partial charge >= 0.3 is 18.4 Å². The highest BCUT2D eigenvalue weighted by atomic mass is 35.5. The largest absolute Gasteiger partial charge is 0.434 e. The van der Waals surface area contributed by atoms with Crippen molar-refractivity contribution in [2.24, 2.45) is 17.8 Å². The van der Waals surface area contributed by atoms with Crippen molar-refractivity contribution in [3.8, 4) is 0 Å². The molecule has 12 heteroatoms. The molecule has 0 saturated carbocycles. The quantitative estimate of drug-likeness (QED) is 0.480. The van der Waals surface area contributed by atoms with Crippen LogP contribution < -0.4 is 4.90 Å². The molecule has 35 heavy (non-hydrogen) atoms. The molecule has 3 aliphatic rings. The van der Waals surface area contributed by atoms with Crippen molar-refractivity contribution in [1.29, 1.82) is 0 Å². The summed E-state index contributed by atoms with van der Waals surface area (Å²) >= 11 is 6.56. The topological polar surface area (TPSA) is 36.0 Å². The van der Waals surface area contributed by atoms with Crippen LogP contribution in [0, 0.1) is 17.8 Å². The van der Waals surface area contributed by atoms with Crippen LogP contribution in [0.2, 0.25) is 5.02 Å². The molecule has 0 radical (unpaired) electrons. The Morgan fingerprint density at radius 2 is 1.60 bits per heavy atom. The number of ether oxygens (including phenoxy) is 1. The predicted octanol–water partition coefficient (Wildman–Crippen LogP) is 5.57. The fourth-order valence-electron chi connectivity index (χ4n) is 5.38. The third-order valence-corrected chi connectivity index (χ3v) is 7.50. The van der Waals surface area contributed by atoms with Gasteiger partial charge in [-0.2, -0.15) is 26.3 Å². The number of hydrogen-bond donors (Lipinski definition) is 0. The number of piperidine rings is 1. The summed E-state index contributed by atoms with van der Waals surface area (Å²) in [6.45, 7) is 6.01. The molecule has 3 saturated heterocycles. The number of hydrogen-bond acceptors (Lipinski definition) is 4. The number of rotatable bonds is 4. The maximum atomic E-state index is 12.7. The van der Waals surface area contributed by atoms with E-state index in [0.717, 1.165) is 42.1 Å². The zero-order valence-corrected chi connectivity index (χ0v) is 20.0. The maximum Gasteiger partial charge on any atom is 0.434 e. The third kappa shape index (κ3) is 5.93. The van der Waals surface area contributed by atoms with Crippen LogP contribution >= 0.6 is 11.6 Å². The van der Waals surface area contributed by atoms with Crippen molar-refractivity contribution in [1.82, 2.24) is 9.80 Å². The second-order valence-electron chi connectivity index (χ2n) is 9.88. The first kappa shape index (κ1) is 26.2. The van der Waals surface area contributed by atoms with E-state index in [4.69, 9.17) is 11.6 Å². The molecule has 2 unspecified atom stereocenters. The van der Waals surface area contributed by atoms with E-state index in [1.807, 2.05) is 18.2 Å². The summed E-state index contributed by atoms with van der Waals surface area (Å²) in [5.41, 5.74) is 2.11. The van der Waals surface area contributed by atoms with Gasteiger partial charge in [0, 0.05) is 45.8 Å². The van der Waals surface area contributed by atoms with E-state index in [0.29, 0.717) is 30.6 Å². The molecule has 3 heterocycles. The zero-order valence-electron chi connectivity index (χ0n) is 19.2. The zero-order chi connectivity index (χ0) is 25.5. The minimum Gasteiger partial charge on any atom is -0.426 e. The molecule has 0 aromatic heterocycles. The van der Waals surface area contributed by atoms with Crippen LogP contribution in [0.4, 0.5) is 36.8 Å². The van der Waals surface area contributed by atoms with Gasteiger partial charge in [0.15, 0.2) is 0 Å². The molecular weight excluding hydrogens is 500 g/mol. The number of likely N-dealkylation sites (tertiary alicyclic amines) is 2. The van der Waals surface area contributed by atoms with Crippen molar-refractivity contribution in [3.05, 3.63) is 28.8 Å². The van der Waals surface area contributed by atoms with Crippen LogP contribution in [0.25, 0.3) is 0 Å². The monoisotopic (exact) mass is 527 g/mol. The minimum atomic E-state index is -5.72. The number of carbonyl (C=O) groups excluding carboxylic acids is 1. The summed E-state index contributed by atoms with van der Waals surface area (Å²) in [6.07, 6.45) is -15.0. The average Bonchev–Trinajstić information content (AvgIpc) is 3.30. The molecule has 5 nitrogen and oxygen atoms in total. The molecule has 4 rings (SSSR count). The number of alkyl halides is 6. The normalized spacial score (nSPS) is 24.4. The highest BCUT2D eigenvalue weighted by Gasteiger charge is 2.60. The summed E-state index contributed by atoms with van der Waals surface area (Å²) in [4.78, 5) is 17.6. The molecule has 0 N–H and O–H groups in total. The van der Waals surface area contributed by atoms with E-state index in [2.05, 4.69) is 21.5 Å². The SMILES string of the molecule is CC1CCN(c2c(Cl)cccc2CN2CC3CN(C(=O)OC(C(F)(F)F)C(F)(F)F)CC3C2)CC1. The average molecular weight is 528 g/mol. The van der Waals surface area contributed by atoms with Gasteiger partial charge < -0.3 is 14.5 Å². The molecule has 1 amide bonds. The smallest absolute Gasteiger partial charge is 0.426 e. The van der Waals surface area contributed by atoms with Gasteiger partial charge in [-0.15, -0.1) is 0 Å². The van der Waals surface area contributed by atoms with Gasteiger partial charge in [-0.25, -0.2) is 4.79 Å². The number of amides is 1. The minimum absolute atomic E-state index is 0.0451. The lowest BCUT2D eigenvalue weighted by Gasteiger charge is -2.35. The van der Waals surface area contributed by atoms with Gasteiger partial charge in [-0.3, -0.25) is 4.90 Å². The van der Waals surface area contributed by atoms with Crippen LogP contribution in [-0.4, -0.2) is 73.6 Å². The molecule has 3 aliphatic heterocycles. The van der Waals surface area contributed by atoms with Crippen LogP contribution in [0.1, 0.15) is 25.3 Å². The van der Waals surface area contributed by atoms with Gasteiger partial charge in [0.1, 0.15) is 0 Å². The number of para-hydroxylation sites is 1. The lowest BCUT2D eigenvalue weighted by Crippen LogP contribution is -2.48. The summed E-state index contributed by atoms with van der Waals surface area (Å²) in [5.74, 6) is 0.583. The Labute approximate surface area is 204 Å². The van der Waals surface area contributed by atoms with Crippen LogP contribution in [0.3, 0.4) is 0 Å². The molecule has 1 aromatic carbocycles. The summed E-state index contributed by atoms with van der Waals surface area (Å²) < 4.78 is 80.2.